The Bertz CT molecular complexity index is 1230. The van der Waals surface area contributed by atoms with Crippen LogP contribution in [0.3, 0.4) is 0 Å². The molecule has 4 aromatic rings. The molecule has 4 rings (SSSR count). The van der Waals surface area contributed by atoms with Gasteiger partial charge in [-0.1, -0.05) is 29.8 Å². The Morgan fingerprint density at radius 2 is 1.80 bits per heavy atom. The number of aromatic nitrogens is 3. The van der Waals surface area contributed by atoms with Gasteiger partial charge in [-0.15, -0.1) is 10.2 Å². The van der Waals surface area contributed by atoms with Crippen LogP contribution in [0.4, 0.5) is 11.4 Å². The number of nitro groups is 1. The normalized spacial score (nSPS) is 10.7. The average molecular weight is 403 g/mol. The Labute approximate surface area is 171 Å². The van der Waals surface area contributed by atoms with Crippen LogP contribution in [0.25, 0.3) is 16.7 Å². The summed E-state index contributed by atoms with van der Waals surface area (Å²) >= 11 is 0. The number of hydrogen-bond acceptors (Lipinski definition) is 6. The molecule has 9 heteroatoms. The zero-order valence-corrected chi connectivity index (χ0v) is 16.0. The summed E-state index contributed by atoms with van der Waals surface area (Å²) in [6.07, 6.45) is 0. The van der Waals surface area contributed by atoms with Crippen molar-refractivity contribution in [2.75, 3.05) is 11.9 Å². The third-order valence-corrected chi connectivity index (χ3v) is 4.35. The van der Waals surface area contributed by atoms with Crippen LogP contribution in [0.15, 0.2) is 66.7 Å². The van der Waals surface area contributed by atoms with Gasteiger partial charge in [0.05, 0.1) is 10.6 Å². The lowest BCUT2D eigenvalue weighted by atomic mass is 10.2. The minimum atomic E-state index is -0.557. The molecule has 9 nitrogen and oxygen atoms in total. The maximum Gasteiger partial charge on any atom is 0.310 e. The van der Waals surface area contributed by atoms with Gasteiger partial charge in [0.2, 0.25) is 0 Å². The second-order valence-electron chi connectivity index (χ2n) is 6.59. The van der Waals surface area contributed by atoms with Crippen molar-refractivity contribution < 1.29 is 14.5 Å². The number of nitrogens with zero attached hydrogens (tertiary/aromatic N) is 4. The first-order valence-electron chi connectivity index (χ1n) is 9.10. The molecule has 0 spiro atoms. The number of benzene rings is 3. The third-order valence-electron chi connectivity index (χ3n) is 4.35. The Morgan fingerprint density at radius 3 is 2.57 bits per heavy atom. The number of ether oxygens (including phenoxy) is 1. The molecule has 1 N–H and O–H groups in total. The van der Waals surface area contributed by atoms with Crippen LogP contribution in [-0.2, 0) is 4.79 Å². The molecule has 1 amide bonds. The van der Waals surface area contributed by atoms with Crippen LogP contribution in [0, 0.1) is 17.0 Å². The second kappa shape index (κ2) is 8.00. The summed E-state index contributed by atoms with van der Waals surface area (Å²) in [4.78, 5) is 24.2. The molecule has 0 aliphatic carbocycles. The van der Waals surface area contributed by atoms with Crippen LogP contribution in [0.1, 0.15) is 5.56 Å². The van der Waals surface area contributed by atoms with Gasteiger partial charge in [0.1, 0.15) is 11.0 Å². The average Bonchev–Trinajstić information content (AvgIpc) is 3.16. The molecule has 0 radical (unpaired) electrons. The lowest BCUT2D eigenvalue weighted by molar-refractivity contribution is -0.385. The van der Waals surface area contributed by atoms with E-state index in [9.17, 15) is 14.9 Å². The maximum absolute atomic E-state index is 12.2. The Hall–Kier alpha value is -4.27. The summed E-state index contributed by atoms with van der Waals surface area (Å²) in [5, 5.41) is 22.6. The van der Waals surface area contributed by atoms with E-state index in [0.717, 1.165) is 11.3 Å². The van der Waals surface area contributed by atoms with Gasteiger partial charge in [0.25, 0.3) is 5.91 Å². The van der Waals surface area contributed by atoms with Gasteiger partial charge >= 0.3 is 5.69 Å². The number of hydrogen-bond donors (Lipinski definition) is 1. The number of carbonyl (C=O) groups excluding carboxylic acids is 1. The molecule has 0 atom stereocenters. The van der Waals surface area contributed by atoms with Gasteiger partial charge in [-0.3, -0.25) is 14.9 Å². The van der Waals surface area contributed by atoms with Crippen molar-refractivity contribution >= 4 is 28.3 Å². The fraction of sp³-hybridized carbons (Fsp3) is 0.0952. The van der Waals surface area contributed by atoms with Gasteiger partial charge in [-0.05, 0) is 43.3 Å². The highest BCUT2D eigenvalue weighted by atomic mass is 16.6. The van der Waals surface area contributed by atoms with E-state index in [0.29, 0.717) is 16.7 Å². The number of para-hydroxylation sites is 2. The molecule has 1 aromatic heterocycles. The lowest BCUT2D eigenvalue weighted by Gasteiger charge is -2.07. The van der Waals surface area contributed by atoms with Crippen molar-refractivity contribution in [1.29, 1.82) is 0 Å². The molecular weight excluding hydrogens is 386 g/mol. The van der Waals surface area contributed by atoms with Crippen molar-refractivity contribution in [3.8, 4) is 11.4 Å². The smallest absolute Gasteiger partial charge is 0.310 e. The Morgan fingerprint density at radius 1 is 1.07 bits per heavy atom. The highest BCUT2D eigenvalue weighted by Gasteiger charge is 2.15. The number of fused-ring (bicyclic) bond motifs is 1. The second-order valence-corrected chi connectivity index (χ2v) is 6.59. The van der Waals surface area contributed by atoms with E-state index < -0.39 is 10.8 Å². The lowest BCUT2D eigenvalue weighted by Crippen LogP contribution is -2.20. The van der Waals surface area contributed by atoms with Gasteiger partial charge in [-0.2, -0.15) is 4.80 Å². The number of anilines is 1. The molecule has 3 aromatic carbocycles. The van der Waals surface area contributed by atoms with Crippen molar-refractivity contribution in [1.82, 2.24) is 15.0 Å². The summed E-state index contributed by atoms with van der Waals surface area (Å²) in [5.74, 6) is -0.410. The molecule has 0 aliphatic rings. The van der Waals surface area contributed by atoms with Crippen LogP contribution < -0.4 is 10.1 Å². The number of carbonyl (C=O) groups is 1. The third kappa shape index (κ3) is 4.09. The Balaban J connectivity index is 1.45. The largest absolute Gasteiger partial charge is 0.477 e. The van der Waals surface area contributed by atoms with Crippen LogP contribution in [0.2, 0.25) is 0 Å². The summed E-state index contributed by atoms with van der Waals surface area (Å²) in [6, 6.07) is 18.9. The van der Waals surface area contributed by atoms with E-state index >= 15 is 0 Å². The SMILES string of the molecule is Cc1ccc(-n2nc3ccc(NC(=O)COc4ccccc4[N+](=O)[O-])cc3n2)cc1. The van der Waals surface area contributed by atoms with E-state index in [4.69, 9.17) is 4.74 Å². The number of amides is 1. The zero-order valence-electron chi connectivity index (χ0n) is 16.0. The molecule has 0 saturated carbocycles. The van der Waals surface area contributed by atoms with E-state index in [2.05, 4.69) is 15.5 Å². The fourth-order valence-electron chi connectivity index (χ4n) is 2.86. The molecular formula is C21H17N5O4. The van der Waals surface area contributed by atoms with Gasteiger partial charge < -0.3 is 10.1 Å². The summed E-state index contributed by atoms with van der Waals surface area (Å²) in [7, 11) is 0. The van der Waals surface area contributed by atoms with E-state index in [1.54, 1.807) is 24.3 Å². The summed E-state index contributed by atoms with van der Waals surface area (Å²) in [5.41, 5.74) is 3.61. The van der Waals surface area contributed by atoms with Crippen molar-refractivity contribution in [2.24, 2.45) is 0 Å². The maximum atomic E-state index is 12.2. The molecule has 1 heterocycles. The van der Waals surface area contributed by atoms with E-state index in [1.165, 1.54) is 23.0 Å². The molecule has 0 saturated heterocycles. The molecule has 0 aliphatic heterocycles. The Kier molecular flexibility index (Phi) is 5.08. The minimum absolute atomic E-state index is 0.0362. The number of nitro benzene ring substituents is 1. The standard InChI is InChI=1S/C21H17N5O4/c1-14-6-9-16(10-7-14)25-23-17-11-8-15(12-18(17)24-25)22-21(27)13-30-20-5-3-2-4-19(20)26(28)29/h2-12H,13H2,1H3,(H,22,27). The molecule has 150 valence electrons. The zero-order chi connectivity index (χ0) is 21.1. The molecule has 30 heavy (non-hydrogen) atoms. The van der Waals surface area contributed by atoms with Crippen LogP contribution in [-0.4, -0.2) is 32.4 Å². The van der Waals surface area contributed by atoms with E-state index in [-0.39, 0.29) is 18.0 Å². The highest BCUT2D eigenvalue weighted by molar-refractivity contribution is 5.93. The first-order valence-corrected chi connectivity index (χ1v) is 9.10. The summed E-state index contributed by atoms with van der Waals surface area (Å²) < 4.78 is 5.31. The van der Waals surface area contributed by atoms with Crippen molar-refractivity contribution in [2.45, 2.75) is 6.92 Å². The minimum Gasteiger partial charge on any atom is -0.477 e. The summed E-state index contributed by atoms with van der Waals surface area (Å²) in [6.45, 7) is 1.64. The topological polar surface area (TPSA) is 112 Å². The number of rotatable bonds is 6. The van der Waals surface area contributed by atoms with Crippen LogP contribution >= 0.6 is 0 Å². The van der Waals surface area contributed by atoms with Gasteiger partial charge in [0.15, 0.2) is 12.4 Å². The first-order chi connectivity index (χ1) is 14.5. The van der Waals surface area contributed by atoms with Gasteiger partial charge in [0, 0.05) is 11.8 Å². The quantitative estimate of drug-likeness (QED) is 0.388. The predicted molar refractivity (Wildman–Crippen MR) is 111 cm³/mol. The number of nitrogens with one attached hydrogen (secondary N) is 1. The predicted octanol–water partition coefficient (Wildman–Crippen LogP) is 3.65. The molecule has 0 fully saturated rings. The molecule has 0 unspecified atom stereocenters. The fourth-order valence-corrected chi connectivity index (χ4v) is 2.86. The first kappa shape index (κ1) is 19.1. The van der Waals surface area contributed by atoms with Crippen molar-refractivity contribution in [3.05, 3.63) is 82.4 Å². The molecule has 0 bridgehead atoms. The number of aryl methyl sites for hydroxylation is 1. The van der Waals surface area contributed by atoms with Gasteiger partial charge in [-0.25, -0.2) is 0 Å². The van der Waals surface area contributed by atoms with Crippen molar-refractivity contribution in [3.63, 3.8) is 0 Å². The highest BCUT2D eigenvalue weighted by Crippen LogP contribution is 2.25. The van der Waals surface area contributed by atoms with Crippen LogP contribution in [0.5, 0.6) is 5.75 Å². The monoisotopic (exact) mass is 403 g/mol. The van der Waals surface area contributed by atoms with E-state index in [1.807, 2.05) is 31.2 Å².